The lowest BCUT2D eigenvalue weighted by Gasteiger charge is -2.02. The van der Waals surface area contributed by atoms with Crippen molar-refractivity contribution in [2.45, 2.75) is 10.2 Å². The highest BCUT2D eigenvalue weighted by atomic mass is 32.2. The Morgan fingerprint density at radius 1 is 1.40 bits per heavy atom. The van der Waals surface area contributed by atoms with Gasteiger partial charge in [0, 0.05) is 14.1 Å². The van der Waals surface area contributed by atoms with E-state index in [0.717, 1.165) is 16.0 Å². The molecule has 0 radical (unpaired) electrons. The van der Waals surface area contributed by atoms with E-state index in [1.54, 1.807) is 4.68 Å². The fourth-order valence-electron chi connectivity index (χ4n) is 1.08. The molecule has 2 aromatic heterocycles. The molecule has 0 spiro atoms. The number of nitrogens with zero attached hydrogens (tertiary/aromatic N) is 4. The molecular formula is C9H11N5S. The van der Waals surface area contributed by atoms with Gasteiger partial charge in [0.05, 0.1) is 0 Å². The molecule has 0 saturated carbocycles. The maximum Gasteiger partial charge on any atom is 0.192 e. The third-order valence-corrected chi connectivity index (χ3v) is 2.83. The van der Waals surface area contributed by atoms with Gasteiger partial charge in [0.2, 0.25) is 0 Å². The first-order valence-electron chi connectivity index (χ1n) is 4.46. The number of aryl methyl sites for hydroxylation is 1. The highest BCUT2D eigenvalue weighted by Crippen LogP contribution is 2.23. The monoisotopic (exact) mass is 221 g/mol. The van der Waals surface area contributed by atoms with Gasteiger partial charge in [0.15, 0.2) is 5.16 Å². The van der Waals surface area contributed by atoms with Crippen LogP contribution in [0.25, 0.3) is 0 Å². The summed E-state index contributed by atoms with van der Waals surface area (Å²) in [7, 11) is 3.70. The van der Waals surface area contributed by atoms with Crippen LogP contribution in [0.2, 0.25) is 0 Å². The molecule has 2 heterocycles. The Bertz CT molecular complexity index is 453. The van der Waals surface area contributed by atoms with Crippen LogP contribution in [0.3, 0.4) is 0 Å². The maximum absolute atomic E-state index is 4.38. The molecule has 0 fully saturated rings. The number of aromatic nitrogens is 4. The summed E-state index contributed by atoms with van der Waals surface area (Å²) in [5.74, 6) is 0.849. The van der Waals surface area contributed by atoms with Crippen LogP contribution in [0.4, 0.5) is 5.82 Å². The van der Waals surface area contributed by atoms with Crippen LogP contribution in [0.15, 0.2) is 34.7 Å². The van der Waals surface area contributed by atoms with Crippen molar-refractivity contribution in [1.29, 1.82) is 0 Å². The van der Waals surface area contributed by atoms with Crippen molar-refractivity contribution < 1.29 is 0 Å². The fraction of sp³-hybridized carbons (Fsp3) is 0.222. The average Bonchev–Trinajstić information content (AvgIpc) is 2.65. The van der Waals surface area contributed by atoms with Crippen molar-refractivity contribution in [1.82, 2.24) is 19.7 Å². The number of hydrogen-bond donors (Lipinski definition) is 1. The van der Waals surface area contributed by atoms with E-state index < -0.39 is 0 Å². The first-order valence-corrected chi connectivity index (χ1v) is 5.28. The summed E-state index contributed by atoms with van der Waals surface area (Å²) >= 11 is 1.49. The summed E-state index contributed by atoms with van der Waals surface area (Å²) in [4.78, 5) is 8.50. The number of rotatable bonds is 3. The van der Waals surface area contributed by atoms with E-state index in [1.165, 1.54) is 18.1 Å². The molecule has 2 aromatic rings. The summed E-state index contributed by atoms with van der Waals surface area (Å²) in [5, 5.41) is 8.72. The quantitative estimate of drug-likeness (QED) is 0.849. The molecule has 0 atom stereocenters. The molecule has 0 amide bonds. The van der Waals surface area contributed by atoms with Crippen molar-refractivity contribution in [2.24, 2.45) is 7.05 Å². The zero-order valence-electron chi connectivity index (χ0n) is 8.51. The second-order valence-electron chi connectivity index (χ2n) is 2.88. The molecule has 78 valence electrons. The van der Waals surface area contributed by atoms with Crippen molar-refractivity contribution in [3.63, 3.8) is 0 Å². The third kappa shape index (κ3) is 2.27. The summed E-state index contributed by atoms with van der Waals surface area (Å²) in [6, 6.07) is 5.82. The van der Waals surface area contributed by atoms with Gasteiger partial charge < -0.3 is 5.32 Å². The van der Waals surface area contributed by atoms with E-state index in [0.29, 0.717) is 0 Å². The van der Waals surface area contributed by atoms with Gasteiger partial charge in [0.1, 0.15) is 17.2 Å². The normalized spacial score (nSPS) is 10.3. The second kappa shape index (κ2) is 4.31. The van der Waals surface area contributed by atoms with E-state index in [9.17, 15) is 0 Å². The maximum atomic E-state index is 4.38. The van der Waals surface area contributed by atoms with Gasteiger partial charge >= 0.3 is 0 Å². The lowest BCUT2D eigenvalue weighted by atomic mass is 10.5. The molecule has 1 N–H and O–H groups in total. The molecule has 6 heteroatoms. The van der Waals surface area contributed by atoms with Crippen LogP contribution in [0.1, 0.15) is 0 Å². The molecule has 5 nitrogen and oxygen atoms in total. The summed E-state index contributed by atoms with van der Waals surface area (Å²) in [5.41, 5.74) is 0. The Balaban J connectivity index is 2.21. The predicted octanol–water partition coefficient (Wildman–Crippen LogP) is 1.40. The van der Waals surface area contributed by atoms with Crippen LogP contribution in [0, 0.1) is 0 Å². The Labute approximate surface area is 91.9 Å². The van der Waals surface area contributed by atoms with Crippen molar-refractivity contribution >= 4 is 17.6 Å². The molecule has 15 heavy (non-hydrogen) atoms. The molecule has 0 saturated heterocycles. The Morgan fingerprint density at radius 2 is 2.27 bits per heavy atom. The molecule has 0 aliphatic heterocycles. The topological polar surface area (TPSA) is 55.6 Å². The molecule has 0 aliphatic carbocycles. The van der Waals surface area contributed by atoms with Gasteiger partial charge in [-0.15, -0.1) is 0 Å². The Morgan fingerprint density at radius 3 is 2.93 bits per heavy atom. The fourth-order valence-corrected chi connectivity index (χ4v) is 1.84. The van der Waals surface area contributed by atoms with Gasteiger partial charge in [-0.25, -0.2) is 14.6 Å². The van der Waals surface area contributed by atoms with E-state index >= 15 is 0 Å². The van der Waals surface area contributed by atoms with Crippen LogP contribution in [-0.2, 0) is 7.05 Å². The first-order chi connectivity index (χ1) is 7.29. The number of nitrogens with one attached hydrogen (secondary N) is 1. The van der Waals surface area contributed by atoms with E-state index in [-0.39, 0.29) is 0 Å². The third-order valence-electron chi connectivity index (χ3n) is 1.85. The molecule has 0 bridgehead atoms. The largest absolute Gasteiger partial charge is 0.373 e. The second-order valence-corrected chi connectivity index (χ2v) is 3.87. The van der Waals surface area contributed by atoms with E-state index in [1.807, 2.05) is 32.3 Å². The Kier molecular flexibility index (Phi) is 2.86. The Hall–Kier alpha value is -1.56. The SMILES string of the molecule is CNc1cccc(Sc2ncnn2C)n1. The zero-order valence-corrected chi connectivity index (χ0v) is 9.32. The molecule has 0 unspecified atom stereocenters. The van der Waals surface area contributed by atoms with Gasteiger partial charge in [-0.1, -0.05) is 6.07 Å². The minimum Gasteiger partial charge on any atom is -0.373 e. The summed E-state index contributed by atoms with van der Waals surface area (Å²) < 4.78 is 1.72. The van der Waals surface area contributed by atoms with Crippen molar-refractivity contribution in [2.75, 3.05) is 12.4 Å². The highest BCUT2D eigenvalue weighted by Gasteiger charge is 2.04. The predicted molar refractivity (Wildman–Crippen MR) is 58.9 cm³/mol. The van der Waals surface area contributed by atoms with Gasteiger partial charge in [-0.3, -0.25) is 0 Å². The van der Waals surface area contributed by atoms with E-state index in [2.05, 4.69) is 20.4 Å². The zero-order chi connectivity index (χ0) is 10.7. The van der Waals surface area contributed by atoms with Crippen LogP contribution < -0.4 is 5.32 Å². The smallest absolute Gasteiger partial charge is 0.192 e. The lowest BCUT2D eigenvalue weighted by molar-refractivity contribution is 0.684. The van der Waals surface area contributed by atoms with Gasteiger partial charge in [-0.05, 0) is 23.9 Å². The van der Waals surface area contributed by atoms with Crippen molar-refractivity contribution in [3.05, 3.63) is 24.5 Å². The van der Waals surface area contributed by atoms with Crippen molar-refractivity contribution in [3.8, 4) is 0 Å². The van der Waals surface area contributed by atoms with Gasteiger partial charge in [-0.2, -0.15) is 5.10 Å². The molecule has 2 rings (SSSR count). The standard InChI is InChI=1S/C9H11N5S/c1-10-7-4-3-5-8(13-7)15-9-11-6-12-14(9)2/h3-6H,1-2H3,(H,10,13). The number of hydrogen-bond acceptors (Lipinski definition) is 5. The van der Waals surface area contributed by atoms with E-state index in [4.69, 9.17) is 0 Å². The van der Waals surface area contributed by atoms with Crippen LogP contribution in [0.5, 0.6) is 0 Å². The lowest BCUT2D eigenvalue weighted by Crippen LogP contribution is -1.95. The van der Waals surface area contributed by atoms with Gasteiger partial charge in [0.25, 0.3) is 0 Å². The summed E-state index contributed by atoms with van der Waals surface area (Å²) in [6.45, 7) is 0. The number of anilines is 1. The molecular weight excluding hydrogens is 210 g/mol. The summed E-state index contributed by atoms with van der Waals surface area (Å²) in [6.07, 6.45) is 1.53. The minimum absolute atomic E-state index is 0.829. The highest BCUT2D eigenvalue weighted by molar-refractivity contribution is 7.99. The first kappa shape index (κ1) is 9.97. The van der Waals surface area contributed by atoms with Crippen LogP contribution >= 0.6 is 11.8 Å². The molecule has 0 aromatic carbocycles. The number of pyridine rings is 1. The average molecular weight is 221 g/mol. The minimum atomic E-state index is 0.829. The van der Waals surface area contributed by atoms with Crippen LogP contribution in [-0.4, -0.2) is 26.8 Å². The molecule has 0 aliphatic rings.